The minimum atomic E-state index is -4.52. The predicted molar refractivity (Wildman–Crippen MR) is 115 cm³/mol. The van der Waals surface area contributed by atoms with Gasteiger partial charge in [-0.25, -0.2) is 4.98 Å². The van der Waals surface area contributed by atoms with Gasteiger partial charge < -0.3 is 19.1 Å². The van der Waals surface area contributed by atoms with Gasteiger partial charge >= 0.3 is 6.18 Å². The van der Waals surface area contributed by atoms with Gasteiger partial charge in [0.15, 0.2) is 5.82 Å². The van der Waals surface area contributed by atoms with Gasteiger partial charge in [-0.05, 0) is 18.9 Å². The molecule has 1 saturated heterocycles. The topological polar surface area (TPSA) is 72.2 Å². The Labute approximate surface area is 187 Å². The van der Waals surface area contributed by atoms with Crippen LogP contribution in [0.5, 0.6) is 0 Å². The second-order valence-corrected chi connectivity index (χ2v) is 9.25. The molecule has 3 aromatic rings. The Morgan fingerprint density at radius 2 is 2.00 bits per heavy atom. The summed E-state index contributed by atoms with van der Waals surface area (Å²) in [6.45, 7) is 4.41. The van der Waals surface area contributed by atoms with E-state index in [0.717, 1.165) is 53.0 Å². The number of halogens is 3. The summed E-state index contributed by atoms with van der Waals surface area (Å²) in [5.41, 5.74) is 0. The third-order valence-electron chi connectivity index (χ3n) is 5.98. The van der Waals surface area contributed by atoms with Crippen molar-refractivity contribution in [3.8, 4) is 0 Å². The first kappa shape index (κ1) is 21.4. The predicted octanol–water partition coefficient (Wildman–Crippen LogP) is 3.50. The van der Waals surface area contributed by atoms with Crippen molar-refractivity contribution in [1.82, 2.24) is 24.7 Å². The zero-order valence-electron chi connectivity index (χ0n) is 17.9. The van der Waals surface area contributed by atoms with Gasteiger partial charge in [-0.15, -0.1) is 21.5 Å². The fourth-order valence-corrected chi connectivity index (χ4v) is 5.47. The van der Waals surface area contributed by atoms with Crippen LogP contribution in [0.4, 0.5) is 24.9 Å². The molecule has 1 fully saturated rings. The molecule has 0 N–H and O–H groups in total. The molecule has 172 valence electrons. The van der Waals surface area contributed by atoms with Crippen molar-refractivity contribution in [2.45, 2.75) is 51.6 Å². The van der Waals surface area contributed by atoms with E-state index in [4.69, 9.17) is 14.7 Å². The first-order valence-corrected chi connectivity index (χ1v) is 11.5. The van der Waals surface area contributed by atoms with Crippen LogP contribution in [-0.2, 0) is 30.4 Å². The molecule has 3 aromatic heterocycles. The molecule has 0 saturated carbocycles. The van der Waals surface area contributed by atoms with Crippen LogP contribution >= 0.6 is 11.3 Å². The van der Waals surface area contributed by atoms with Crippen molar-refractivity contribution in [3.05, 3.63) is 22.6 Å². The highest BCUT2D eigenvalue weighted by atomic mass is 32.1. The summed E-state index contributed by atoms with van der Waals surface area (Å²) in [5, 5.41) is 8.15. The number of aryl methyl sites for hydroxylation is 1. The molecule has 1 atom stereocenters. The van der Waals surface area contributed by atoms with Gasteiger partial charge in [-0.2, -0.15) is 18.2 Å². The Bertz CT molecular complexity index is 1130. The maximum atomic E-state index is 13.2. The zero-order valence-corrected chi connectivity index (χ0v) is 18.7. The summed E-state index contributed by atoms with van der Waals surface area (Å²) in [6, 6.07) is 2.12. The van der Waals surface area contributed by atoms with Crippen LogP contribution < -0.4 is 9.80 Å². The molecular weight excluding hydrogens is 443 g/mol. The van der Waals surface area contributed by atoms with Crippen LogP contribution in [0.25, 0.3) is 10.2 Å². The lowest BCUT2D eigenvalue weighted by Crippen LogP contribution is -2.36. The minimum absolute atomic E-state index is 0.145. The Kier molecular flexibility index (Phi) is 5.44. The summed E-state index contributed by atoms with van der Waals surface area (Å²) in [5.74, 6) is 0.734. The lowest BCUT2D eigenvalue weighted by molar-refractivity contribution is -0.147. The van der Waals surface area contributed by atoms with E-state index in [1.54, 1.807) is 18.4 Å². The van der Waals surface area contributed by atoms with Crippen molar-refractivity contribution in [2.24, 2.45) is 0 Å². The number of nitrogens with zero attached hydrogens (tertiary/aromatic N) is 7. The van der Waals surface area contributed by atoms with Crippen molar-refractivity contribution < 1.29 is 17.9 Å². The molecule has 2 aliphatic heterocycles. The Hall–Kier alpha value is -2.47. The molecule has 0 bridgehead atoms. The summed E-state index contributed by atoms with van der Waals surface area (Å²) in [4.78, 5) is 16.0. The van der Waals surface area contributed by atoms with E-state index in [-0.39, 0.29) is 19.2 Å². The highest BCUT2D eigenvalue weighted by Crippen LogP contribution is 2.36. The van der Waals surface area contributed by atoms with Crippen LogP contribution in [0.3, 0.4) is 0 Å². The van der Waals surface area contributed by atoms with Crippen LogP contribution in [0, 0.1) is 0 Å². The molecule has 12 heteroatoms. The Morgan fingerprint density at radius 1 is 1.16 bits per heavy atom. The number of rotatable bonds is 5. The van der Waals surface area contributed by atoms with E-state index in [1.807, 2.05) is 4.90 Å². The number of alkyl halides is 3. The zero-order chi connectivity index (χ0) is 22.5. The molecule has 0 amide bonds. The van der Waals surface area contributed by atoms with Gasteiger partial charge in [-0.3, -0.25) is 0 Å². The maximum absolute atomic E-state index is 13.2. The summed E-state index contributed by atoms with van der Waals surface area (Å²) in [7, 11) is 1.71. The van der Waals surface area contributed by atoms with Crippen molar-refractivity contribution in [1.29, 1.82) is 0 Å². The van der Waals surface area contributed by atoms with Crippen LogP contribution in [0.2, 0.25) is 0 Å². The third kappa shape index (κ3) is 3.79. The SMILES string of the molecule is CCCc1cc2c(N3CCn4c(nnc4C(F)(F)F)C3)nc(N3CCC(OC)C3)nc2s1. The second-order valence-electron chi connectivity index (χ2n) is 8.13. The molecule has 5 rings (SSSR count). The average Bonchev–Trinajstić information content (AvgIpc) is 3.49. The number of anilines is 2. The van der Waals surface area contributed by atoms with Gasteiger partial charge in [0.2, 0.25) is 11.8 Å². The smallest absolute Gasteiger partial charge is 0.380 e. The molecule has 0 aliphatic carbocycles. The van der Waals surface area contributed by atoms with E-state index >= 15 is 0 Å². The number of aromatic nitrogens is 5. The lowest BCUT2D eigenvalue weighted by atomic mass is 10.2. The van der Waals surface area contributed by atoms with E-state index in [2.05, 4.69) is 28.1 Å². The highest BCUT2D eigenvalue weighted by Gasteiger charge is 2.40. The van der Waals surface area contributed by atoms with Gasteiger partial charge in [0.1, 0.15) is 10.6 Å². The van der Waals surface area contributed by atoms with Gasteiger partial charge in [0.05, 0.1) is 18.0 Å². The molecule has 32 heavy (non-hydrogen) atoms. The van der Waals surface area contributed by atoms with Crippen molar-refractivity contribution in [2.75, 3.05) is 36.5 Å². The second kappa shape index (κ2) is 8.14. The van der Waals surface area contributed by atoms with Crippen LogP contribution in [-0.4, -0.2) is 57.6 Å². The monoisotopic (exact) mass is 467 g/mol. The van der Waals surface area contributed by atoms with Gasteiger partial charge in [0, 0.05) is 38.2 Å². The van der Waals surface area contributed by atoms with Crippen molar-refractivity contribution >= 4 is 33.3 Å². The molecule has 2 aliphatic rings. The molecule has 1 unspecified atom stereocenters. The lowest BCUT2D eigenvalue weighted by Gasteiger charge is -2.30. The number of hydrogen-bond acceptors (Lipinski definition) is 8. The van der Waals surface area contributed by atoms with E-state index < -0.39 is 12.0 Å². The van der Waals surface area contributed by atoms with Crippen molar-refractivity contribution in [3.63, 3.8) is 0 Å². The van der Waals surface area contributed by atoms with Crippen LogP contribution in [0.15, 0.2) is 6.07 Å². The summed E-state index contributed by atoms with van der Waals surface area (Å²) >= 11 is 1.65. The standard InChI is InChI=1S/C20H24F3N7OS/c1-3-4-13-9-14-16(24-19(25-17(14)32-13)29-6-5-12(10-29)31-2)28-7-8-30-15(11-28)26-27-18(30)20(21,22)23/h9,12H,3-8,10-11H2,1-2H3. The first-order valence-electron chi connectivity index (χ1n) is 10.7. The van der Waals surface area contributed by atoms with E-state index in [9.17, 15) is 13.2 Å². The average molecular weight is 468 g/mol. The number of thiophene rings is 1. The normalized spacial score (nSPS) is 19.2. The molecule has 0 aromatic carbocycles. The van der Waals surface area contributed by atoms with E-state index in [0.29, 0.717) is 18.3 Å². The van der Waals surface area contributed by atoms with Gasteiger partial charge in [0.25, 0.3) is 0 Å². The fourth-order valence-electron chi connectivity index (χ4n) is 4.35. The largest absolute Gasteiger partial charge is 0.451 e. The molecule has 5 heterocycles. The number of fused-ring (bicyclic) bond motifs is 2. The fraction of sp³-hybridized carbons (Fsp3) is 0.600. The summed E-state index contributed by atoms with van der Waals surface area (Å²) < 4.78 is 46.3. The quantitative estimate of drug-likeness (QED) is 0.569. The molecule has 0 radical (unpaired) electrons. The van der Waals surface area contributed by atoms with Crippen LogP contribution in [0.1, 0.15) is 36.3 Å². The minimum Gasteiger partial charge on any atom is -0.380 e. The molecule has 8 nitrogen and oxygen atoms in total. The Balaban J connectivity index is 1.53. The Morgan fingerprint density at radius 3 is 2.72 bits per heavy atom. The number of hydrogen-bond donors (Lipinski definition) is 0. The molecular formula is C20H24F3N7OS. The molecule has 0 spiro atoms. The maximum Gasteiger partial charge on any atom is 0.451 e. The number of ether oxygens (including phenoxy) is 1. The number of methoxy groups -OCH3 is 1. The summed E-state index contributed by atoms with van der Waals surface area (Å²) in [6.07, 6.45) is -1.48. The van der Waals surface area contributed by atoms with Gasteiger partial charge in [-0.1, -0.05) is 13.3 Å². The first-order chi connectivity index (χ1) is 15.4. The van der Waals surface area contributed by atoms with E-state index in [1.165, 1.54) is 4.88 Å². The third-order valence-corrected chi connectivity index (χ3v) is 7.06. The highest BCUT2D eigenvalue weighted by molar-refractivity contribution is 7.18.